The van der Waals surface area contributed by atoms with E-state index in [4.69, 9.17) is 0 Å². The molecule has 0 radical (unpaired) electrons. The van der Waals surface area contributed by atoms with Crippen LogP contribution in [0, 0.1) is 0 Å². The molecule has 3 nitrogen and oxygen atoms in total. The summed E-state index contributed by atoms with van der Waals surface area (Å²) in [6.45, 7) is 9.21. The largest absolute Gasteiger partial charge is 0.391 e. The minimum atomic E-state index is -0.458. The van der Waals surface area contributed by atoms with Crippen LogP contribution in [0.5, 0.6) is 0 Å². The molecule has 16 heavy (non-hydrogen) atoms. The van der Waals surface area contributed by atoms with Crippen LogP contribution in [0.2, 0.25) is 0 Å². The molecular formula is C13H25NO2. The van der Waals surface area contributed by atoms with E-state index in [1.165, 1.54) is 12.8 Å². The number of carbonyl (C=O) groups is 1. The van der Waals surface area contributed by atoms with E-state index in [0.29, 0.717) is 5.57 Å². The Bertz CT molecular complexity index is 226. The highest BCUT2D eigenvalue weighted by Crippen LogP contribution is 2.08. The average Bonchev–Trinajstić information content (AvgIpc) is 2.23. The topological polar surface area (TPSA) is 49.3 Å². The Morgan fingerprint density at radius 1 is 1.38 bits per heavy atom. The van der Waals surface area contributed by atoms with Gasteiger partial charge in [0, 0.05) is 5.57 Å². The van der Waals surface area contributed by atoms with Crippen molar-refractivity contribution in [3.63, 3.8) is 0 Å². The maximum atomic E-state index is 11.3. The van der Waals surface area contributed by atoms with Gasteiger partial charge in [-0.05, 0) is 20.3 Å². The third kappa shape index (κ3) is 6.62. The lowest BCUT2D eigenvalue weighted by atomic mass is 10.0. The maximum absolute atomic E-state index is 11.3. The van der Waals surface area contributed by atoms with E-state index >= 15 is 0 Å². The van der Waals surface area contributed by atoms with Crippen LogP contribution in [0.15, 0.2) is 12.2 Å². The molecule has 0 saturated heterocycles. The van der Waals surface area contributed by atoms with Crippen molar-refractivity contribution in [1.82, 2.24) is 5.32 Å². The highest BCUT2D eigenvalue weighted by Gasteiger charge is 2.16. The summed E-state index contributed by atoms with van der Waals surface area (Å²) in [6, 6.07) is -0.203. The van der Waals surface area contributed by atoms with E-state index in [2.05, 4.69) is 18.8 Å². The Labute approximate surface area is 98.9 Å². The maximum Gasteiger partial charge on any atom is 0.246 e. The summed E-state index contributed by atoms with van der Waals surface area (Å²) in [5, 5.41) is 12.5. The van der Waals surface area contributed by atoms with Gasteiger partial charge in [0.05, 0.1) is 12.1 Å². The number of unbranched alkanes of at least 4 members (excludes halogenated alkanes) is 3. The van der Waals surface area contributed by atoms with E-state index in [1.54, 1.807) is 6.92 Å². The lowest BCUT2D eigenvalue weighted by Crippen LogP contribution is -2.41. The minimum Gasteiger partial charge on any atom is -0.391 e. The zero-order valence-electron chi connectivity index (χ0n) is 10.8. The molecule has 0 heterocycles. The fraction of sp³-hybridized carbons (Fsp3) is 0.769. The number of nitrogens with one attached hydrogen (secondary N) is 1. The molecule has 0 aromatic heterocycles. The molecule has 0 spiro atoms. The summed E-state index contributed by atoms with van der Waals surface area (Å²) in [4.78, 5) is 11.3. The molecule has 2 unspecified atom stereocenters. The van der Waals surface area contributed by atoms with E-state index in [0.717, 1.165) is 19.3 Å². The summed E-state index contributed by atoms with van der Waals surface area (Å²) in [5.41, 5.74) is 0.477. The first-order valence-corrected chi connectivity index (χ1v) is 6.13. The van der Waals surface area contributed by atoms with Crippen LogP contribution in [0.25, 0.3) is 0 Å². The van der Waals surface area contributed by atoms with Gasteiger partial charge in [0.15, 0.2) is 0 Å². The molecule has 94 valence electrons. The van der Waals surface area contributed by atoms with Crippen LogP contribution in [-0.2, 0) is 4.79 Å². The summed E-state index contributed by atoms with van der Waals surface area (Å²) >= 11 is 0. The van der Waals surface area contributed by atoms with E-state index in [1.807, 2.05) is 6.92 Å². The highest BCUT2D eigenvalue weighted by atomic mass is 16.3. The first-order valence-electron chi connectivity index (χ1n) is 6.13. The molecule has 0 bridgehead atoms. The van der Waals surface area contributed by atoms with Crippen LogP contribution in [0.4, 0.5) is 0 Å². The Morgan fingerprint density at radius 3 is 2.50 bits per heavy atom. The summed E-state index contributed by atoms with van der Waals surface area (Å²) in [5.74, 6) is -0.180. The van der Waals surface area contributed by atoms with Crippen LogP contribution in [-0.4, -0.2) is 23.2 Å². The Hall–Kier alpha value is -0.830. The molecule has 1 amide bonds. The highest BCUT2D eigenvalue weighted by molar-refractivity contribution is 5.92. The number of aliphatic hydroxyl groups excluding tert-OH is 1. The third-order valence-electron chi connectivity index (χ3n) is 2.68. The van der Waals surface area contributed by atoms with Crippen molar-refractivity contribution in [3.05, 3.63) is 12.2 Å². The van der Waals surface area contributed by atoms with Gasteiger partial charge >= 0.3 is 0 Å². The zero-order valence-corrected chi connectivity index (χ0v) is 10.8. The van der Waals surface area contributed by atoms with Crippen LogP contribution < -0.4 is 5.32 Å². The monoisotopic (exact) mass is 227 g/mol. The molecular weight excluding hydrogens is 202 g/mol. The van der Waals surface area contributed by atoms with Crippen molar-refractivity contribution in [2.45, 2.75) is 65.0 Å². The van der Waals surface area contributed by atoms with Gasteiger partial charge in [-0.3, -0.25) is 4.79 Å². The second-order valence-corrected chi connectivity index (χ2v) is 4.46. The molecule has 0 fully saturated rings. The van der Waals surface area contributed by atoms with Crippen molar-refractivity contribution in [3.8, 4) is 0 Å². The normalized spacial score (nSPS) is 14.2. The Morgan fingerprint density at radius 2 is 2.00 bits per heavy atom. The Balaban J connectivity index is 3.76. The lowest BCUT2D eigenvalue weighted by Gasteiger charge is -2.20. The number of rotatable bonds is 8. The van der Waals surface area contributed by atoms with Crippen LogP contribution in [0.1, 0.15) is 52.9 Å². The number of hydrogen-bond acceptors (Lipinski definition) is 2. The smallest absolute Gasteiger partial charge is 0.246 e. The molecule has 2 atom stereocenters. The van der Waals surface area contributed by atoms with E-state index in [-0.39, 0.29) is 11.9 Å². The fourth-order valence-corrected chi connectivity index (χ4v) is 1.46. The molecule has 0 saturated carbocycles. The van der Waals surface area contributed by atoms with Gasteiger partial charge < -0.3 is 10.4 Å². The molecule has 0 rings (SSSR count). The summed E-state index contributed by atoms with van der Waals surface area (Å²) < 4.78 is 0. The van der Waals surface area contributed by atoms with Gasteiger partial charge in [-0.25, -0.2) is 0 Å². The van der Waals surface area contributed by atoms with Crippen molar-refractivity contribution >= 4 is 5.91 Å². The van der Waals surface area contributed by atoms with Gasteiger partial charge in [0.2, 0.25) is 5.91 Å². The second-order valence-electron chi connectivity index (χ2n) is 4.46. The number of carbonyl (C=O) groups excluding carboxylic acids is 1. The SMILES string of the molecule is C=C(C)C(=O)NC(C)C(O)CCCCCC. The number of hydrogen-bond donors (Lipinski definition) is 2. The fourth-order valence-electron chi connectivity index (χ4n) is 1.46. The molecule has 0 aromatic carbocycles. The van der Waals surface area contributed by atoms with Gasteiger partial charge in [-0.1, -0.05) is 39.2 Å². The predicted molar refractivity (Wildman–Crippen MR) is 67.2 cm³/mol. The van der Waals surface area contributed by atoms with E-state index in [9.17, 15) is 9.90 Å². The molecule has 0 aromatic rings. The first-order chi connectivity index (χ1) is 7.49. The summed E-state index contributed by atoms with van der Waals surface area (Å²) in [7, 11) is 0. The molecule has 3 heteroatoms. The van der Waals surface area contributed by atoms with Crippen LogP contribution in [0.3, 0.4) is 0 Å². The third-order valence-corrected chi connectivity index (χ3v) is 2.68. The van der Waals surface area contributed by atoms with E-state index < -0.39 is 6.10 Å². The van der Waals surface area contributed by atoms with Gasteiger partial charge in [-0.2, -0.15) is 0 Å². The molecule has 2 N–H and O–H groups in total. The van der Waals surface area contributed by atoms with Crippen molar-refractivity contribution in [1.29, 1.82) is 0 Å². The van der Waals surface area contributed by atoms with Gasteiger partial charge in [0.1, 0.15) is 0 Å². The minimum absolute atomic E-state index is 0.180. The van der Waals surface area contributed by atoms with Crippen molar-refractivity contribution in [2.75, 3.05) is 0 Å². The zero-order chi connectivity index (χ0) is 12.6. The predicted octanol–water partition coefficient (Wildman–Crippen LogP) is 2.40. The van der Waals surface area contributed by atoms with Gasteiger partial charge in [-0.15, -0.1) is 0 Å². The Kier molecular flexibility index (Phi) is 7.90. The first kappa shape index (κ1) is 15.2. The van der Waals surface area contributed by atoms with Crippen LogP contribution >= 0.6 is 0 Å². The molecule has 0 aliphatic carbocycles. The van der Waals surface area contributed by atoms with Crippen molar-refractivity contribution in [2.24, 2.45) is 0 Å². The molecule has 0 aliphatic rings. The summed E-state index contributed by atoms with van der Waals surface area (Å²) in [6.07, 6.45) is 4.85. The average molecular weight is 227 g/mol. The standard InChI is InChI=1S/C13H25NO2/c1-5-6-7-8-9-12(15)11(4)14-13(16)10(2)3/h11-12,15H,2,5-9H2,1,3-4H3,(H,14,16). The number of aliphatic hydroxyl groups is 1. The van der Waals surface area contributed by atoms with Gasteiger partial charge in [0.25, 0.3) is 0 Å². The quantitative estimate of drug-likeness (QED) is 0.494. The number of amides is 1. The second kappa shape index (κ2) is 8.34. The molecule has 0 aliphatic heterocycles. The lowest BCUT2D eigenvalue weighted by molar-refractivity contribution is -0.118. The van der Waals surface area contributed by atoms with Crippen molar-refractivity contribution < 1.29 is 9.90 Å².